The molecule has 1 aromatic heterocycles. The number of hydroxylamine groups is 1. The smallest absolute Gasteiger partial charge is 0.243 e. The number of nitrogens with zero attached hydrogens (tertiary/aromatic N) is 1. The number of para-hydroxylation sites is 1. The SMILES string of the molecule is O=C(CCCC[n+]1cc2ccccc2c2ccccc21)NO. The van der Waals surface area contributed by atoms with E-state index in [0.717, 1.165) is 19.4 Å². The highest BCUT2D eigenvalue weighted by Crippen LogP contribution is 2.22. The van der Waals surface area contributed by atoms with Crippen molar-refractivity contribution in [3.05, 3.63) is 54.7 Å². The van der Waals surface area contributed by atoms with Gasteiger partial charge in [0.05, 0.1) is 5.39 Å². The summed E-state index contributed by atoms with van der Waals surface area (Å²) in [5.41, 5.74) is 2.87. The van der Waals surface area contributed by atoms with Crippen LogP contribution in [0.2, 0.25) is 0 Å². The Labute approximate surface area is 129 Å². The van der Waals surface area contributed by atoms with Crippen molar-refractivity contribution in [2.45, 2.75) is 25.8 Å². The van der Waals surface area contributed by atoms with E-state index >= 15 is 0 Å². The zero-order chi connectivity index (χ0) is 15.4. The van der Waals surface area contributed by atoms with Gasteiger partial charge in [0, 0.05) is 29.7 Å². The number of hydrogen-bond donors (Lipinski definition) is 2. The molecule has 0 saturated heterocycles. The third-order valence-electron chi connectivity index (χ3n) is 3.94. The van der Waals surface area contributed by atoms with Crippen molar-refractivity contribution < 1.29 is 14.6 Å². The van der Waals surface area contributed by atoms with Gasteiger partial charge in [-0.15, -0.1) is 0 Å². The monoisotopic (exact) mass is 295 g/mol. The Kier molecular flexibility index (Phi) is 4.30. The topological polar surface area (TPSA) is 53.2 Å². The highest BCUT2D eigenvalue weighted by Gasteiger charge is 2.12. The fourth-order valence-electron chi connectivity index (χ4n) is 2.85. The van der Waals surface area contributed by atoms with E-state index in [0.29, 0.717) is 6.42 Å². The van der Waals surface area contributed by atoms with Crippen LogP contribution < -0.4 is 10.0 Å². The second kappa shape index (κ2) is 6.54. The minimum absolute atomic E-state index is 0.326. The summed E-state index contributed by atoms with van der Waals surface area (Å²) < 4.78 is 2.24. The lowest BCUT2D eigenvalue weighted by atomic mass is 10.1. The fraction of sp³-hybridized carbons (Fsp3) is 0.222. The van der Waals surface area contributed by atoms with Gasteiger partial charge in [-0.1, -0.05) is 30.3 Å². The summed E-state index contributed by atoms with van der Waals surface area (Å²) >= 11 is 0. The first kappa shape index (κ1) is 14.5. The quantitative estimate of drug-likeness (QED) is 0.250. The molecule has 2 aromatic carbocycles. The summed E-state index contributed by atoms with van der Waals surface area (Å²) in [6.45, 7) is 0.851. The van der Waals surface area contributed by atoms with Gasteiger partial charge in [-0.25, -0.2) is 5.48 Å². The molecule has 22 heavy (non-hydrogen) atoms. The number of aryl methyl sites for hydroxylation is 1. The maximum absolute atomic E-state index is 11.0. The van der Waals surface area contributed by atoms with Crippen LogP contribution in [0.25, 0.3) is 21.7 Å². The molecule has 4 heteroatoms. The van der Waals surface area contributed by atoms with Crippen LogP contribution in [0.5, 0.6) is 0 Å². The number of pyridine rings is 1. The van der Waals surface area contributed by atoms with Crippen LogP contribution in [-0.4, -0.2) is 11.1 Å². The number of carbonyl (C=O) groups excluding carboxylic acids is 1. The first-order valence-electron chi connectivity index (χ1n) is 7.52. The highest BCUT2D eigenvalue weighted by molar-refractivity contribution is 6.03. The van der Waals surface area contributed by atoms with Crippen LogP contribution in [0, 0.1) is 0 Å². The van der Waals surface area contributed by atoms with Crippen LogP contribution in [0.15, 0.2) is 54.7 Å². The molecule has 112 valence electrons. The molecule has 2 N–H and O–H groups in total. The molecule has 0 saturated carbocycles. The Morgan fingerprint density at radius 3 is 2.55 bits per heavy atom. The largest absolute Gasteiger partial charge is 0.289 e. The average molecular weight is 295 g/mol. The molecule has 0 bridgehead atoms. The maximum Gasteiger partial charge on any atom is 0.243 e. The normalized spacial score (nSPS) is 11.0. The molecule has 0 atom stereocenters. The zero-order valence-electron chi connectivity index (χ0n) is 12.3. The minimum atomic E-state index is -0.326. The van der Waals surface area contributed by atoms with E-state index < -0.39 is 0 Å². The number of aromatic nitrogens is 1. The lowest BCUT2D eigenvalue weighted by Gasteiger charge is -2.05. The van der Waals surface area contributed by atoms with Gasteiger partial charge in [0.15, 0.2) is 6.20 Å². The molecule has 0 unspecified atom stereocenters. The van der Waals surface area contributed by atoms with Crippen molar-refractivity contribution in [2.75, 3.05) is 0 Å². The summed E-state index contributed by atoms with van der Waals surface area (Å²) in [5.74, 6) is -0.326. The number of amides is 1. The molecule has 4 nitrogen and oxygen atoms in total. The zero-order valence-corrected chi connectivity index (χ0v) is 12.3. The minimum Gasteiger partial charge on any atom is -0.289 e. The first-order chi connectivity index (χ1) is 10.8. The molecular weight excluding hydrogens is 276 g/mol. The number of unbranched alkanes of at least 4 members (excludes halogenated alkanes) is 1. The molecule has 0 fully saturated rings. The third kappa shape index (κ3) is 2.92. The number of benzene rings is 2. The third-order valence-corrected chi connectivity index (χ3v) is 3.94. The van der Waals surface area contributed by atoms with Crippen molar-refractivity contribution in [1.82, 2.24) is 5.48 Å². The molecule has 1 amide bonds. The number of hydrogen-bond acceptors (Lipinski definition) is 2. The van der Waals surface area contributed by atoms with Crippen LogP contribution in [0.4, 0.5) is 0 Å². The highest BCUT2D eigenvalue weighted by atomic mass is 16.5. The Balaban J connectivity index is 1.89. The predicted molar refractivity (Wildman–Crippen MR) is 85.4 cm³/mol. The van der Waals surface area contributed by atoms with Gasteiger partial charge in [-0.2, -0.15) is 4.57 Å². The lowest BCUT2D eigenvalue weighted by Crippen LogP contribution is -2.34. The summed E-state index contributed by atoms with van der Waals surface area (Å²) in [5, 5.41) is 12.2. The Morgan fingerprint density at radius 1 is 1.00 bits per heavy atom. The van der Waals surface area contributed by atoms with Crippen molar-refractivity contribution >= 4 is 27.6 Å². The average Bonchev–Trinajstić information content (AvgIpc) is 2.58. The Hall–Kier alpha value is -2.46. The first-order valence-corrected chi connectivity index (χ1v) is 7.52. The van der Waals surface area contributed by atoms with E-state index in [1.807, 2.05) is 12.1 Å². The molecule has 0 spiro atoms. The van der Waals surface area contributed by atoms with Crippen molar-refractivity contribution in [1.29, 1.82) is 0 Å². The molecule has 0 radical (unpaired) electrons. The van der Waals surface area contributed by atoms with Gasteiger partial charge in [0.25, 0.3) is 0 Å². The van der Waals surface area contributed by atoms with Crippen molar-refractivity contribution in [3.63, 3.8) is 0 Å². The van der Waals surface area contributed by atoms with Gasteiger partial charge in [-0.3, -0.25) is 10.0 Å². The molecule has 0 aliphatic rings. The summed E-state index contributed by atoms with van der Waals surface area (Å²) in [7, 11) is 0. The standard InChI is InChI=1S/C18H18N2O2/c21-18(19-22)11-5-6-12-20-13-14-7-1-2-8-15(14)16-9-3-4-10-17(16)20/h1-4,7-10,13H,5-6,11-12H2,(H-,19,21,22)/p+1. The second-order valence-electron chi connectivity index (χ2n) is 5.42. The molecule has 3 rings (SSSR count). The molecule has 3 aromatic rings. The van der Waals surface area contributed by atoms with Crippen LogP contribution in [0.3, 0.4) is 0 Å². The van der Waals surface area contributed by atoms with Crippen LogP contribution in [0.1, 0.15) is 19.3 Å². The van der Waals surface area contributed by atoms with Crippen molar-refractivity contribution in [3.8, 4) is 0 Å². The second-order valence-corrected chi connectivity index (χ2v) is 5.42. The van der Waals surface area contributed by atoms with Crippen LogP contribution in [-0.2, 0) is 11.3 Å². The Morgan fingerprint density at radius 2 is 1.73 bits per heavy atom. The van der Waals surface area contributed by atoms with E-state index in [1.165, 1.54) is 21.7 Å². The van der Waals surface area contributed by atoms with E-state index in [1.54, 1.807) is 5.48 Å². The predicted octanol–water partition coefficient (Wildman–Crippen LogP) is 2.96. The number of fused-ring (bicyclic) bond motifs is 3. The van der Waals surface area contributed by atoms with Crippen molar-refractivity contribution in [2.24, 2.45) is 0 Å². The molecular formula is C18H19N2O2+. The van der Waals surface area contributed by atoms with Gasteiger partial charge in [0.1, 0.15) is 6.54 Å². The van der Waals surface area contributed by atoms with Gasteiger partial charge in [0.2, 0.25) is 11.4 Å². The van der Waals surface area contributed by atoms with Gasteiger partial charge >= 0.3 is 0 Å². The Bertz CT molecular complexity index is 814. The number of rotatable bonds is 5. The fourth-order valence-corrected chi connectivity index (χ4v) is 2.85. The summed E-state index contributed by atoms with van der Waals surface area (Å²) in [6, 6.07) is 16.8. The maximum atomic E-state index is 11.0. The molecule has 1 heterocycles. The number of carbonyl (C=O) groups is 1. The van der Waals surface area contributed by atoms with E-state index in [9.17, 15) is 4.79 Å². The van der Waals surface area contributed by atoms with E-state index in [-0.39, 0.29) is 5.91 Å². The number of nitrogens with one attached hydrogen (secondary N) is 1. The van der Waals surface area contributed by atoms with E-state index in [2.05, 4.69) is 47.2 Å². The molecule has 0 aliphatic heterocycles. The van der Waals surface area contributed by atoms with Gasteiger partial charge in [-0.05, 0) is 18.6 Å². The molecule has 0 aliphatic carbocycles. The lowest BCUT2D eigenvalue weighted by molar-refractivity contribution is -0.670. The summed E-state index contributed by atoms with van der Waals surface area (Å²) in [6.07, 6.45) is 4.16. The summed E-state index contributed by atoms with van der Waals surface area (Å²) in [4.78, 5) is 11.0. The van der Waals surface area contributed by atoms with E-state index in [4.69, 9.17) is 5.21 Å². The van der Waals surface area contributed by atoms with Crippen LogP contribution >= 0.6 is 0 Å². The van der Waals surface area contributed by atoms with Gasteiger partial charge < -0.3 is 0 Å².